The van der Waals surface area contributed by atoms with Gasteiger partial charge in [-0.1, -0.05) is 54.6 Å². The van der Waals surface area contributed by atoms with Crippen molar-refractivity contribution < 1.29 is 8.83 Å². The van der Waals surface area contributed by atoms with Crippen molar-refractivity contribution in [1.29, 1.82) is 0 Å². The maximum Gasteiger partial charge on any atom is 0.227 e. The summed E-state index contributed by atoms with van der Waals surface area (Å²) in [6.45, 7) is 0. The van der Waals surface area contributed by atoms with E-state index < -0.39 is 0 Å². The molecule has 0 saturated heterocycles. The van der Waals surface area contributed by atoms with Gasteiger partial charge in [-0.3, -0.25) is 0 Å². The number of nitrogens with zero attached hydrogens (tertiary/aromatic N) is 2. The zero-order chi connectivity index (χ0) is 27.6. The van der Waals surface area contributed by atoms with Crippen LogP contribution in [0.2, 0.25) is 0 Å². The Morgan fingerprint density at radius 2 is 1.24 bits per heavy atom. The van der Waals surface area contributed by atoms with Gasteiger partial charge in [0.25, 0.3) is 0 Å². The molecule has 0 aliphatic heterocycles. The monoisotopic (exact) mass is 558 g/mol. The summed E-state index contributed by atoms with van der Waals surface area (Å²) >= 11 is 1.79. The van der Waals surface area contributed by atoms with E-state index >= 15 is 0 Å². The van der Waals surface area contributed by atoms with Crippen LogP contribution in [-0.4, -0.2) is 4.98 Å². The number of oxazole rings is 1. The van der Waals surface area contributed by atoms with E-state index in [0.29, 0.717) is 5.89 Å². The van der Waals surface area contributed by atoms with E-state index in [1.165, 1.54) is 14.8 Å². The molecule has 0 bridgehead atoms. The second kappa shape index (κ2) is 9.06. The van der Waals surface area contributed by atoms with Crippen LogP contribution in [0.5, 0.6) is 0 Å². The predicted octanol–water partition coefficient (Wildman–Crippen LogP) is 11.2. The Kier molecular flexibility index (Phi) is 5.03. The third kappa shape index (κ3) is 3.57. The number of hydrogen-bond donors (Lipinski definition) is 0. The molecule has 0 atom stereocenters. The Balaban J connectivity index is 1.27. The van der Waals surface area contributed by atoms with Gasteiger partial charge in [0.2, 0.25) is 5.89 Å². The van der Waals surface area contributed by atoms with Crippen LogP contribution in [0.15, 0.2) is 142 Å². The minimum absolute atomic E-state index is 0.643. The Hall–Kier alpha value is -5.39. The second-order valence-electron chi connectivity index (χ2n) is 10.4. The first kappa shape index (κ1) is 23.3. The molecule has 0 unspecified atom stereocenters. The number of hydrogen-bond acceptors (Lipinski definition) is 5. The highest BCUT2D eigenvalue weighted by molar-refractivity contribution is 7.26. The minimum atomic E-state index is 0.643. The van der Waals surface area contributed by atoms with Gasteiger partial charge in [-0.15, -0.1) is 11.3 Å². The van der Waals surface area contributed by atoms with E-state index in [-0.39, 0.29) is 0 Å². The highest BCUT2D eigenvalue weighted by atomic mass is 32.1. The second-order valence-corrected chi connectivity index (χ2v) is 11.5. The lowest BCUT2D eigenvalue weighted by atomic mass is 10.0. The molecule has 0 radical (unpaired) electrons. The summed E-state index contributed by atoms with van der Waals surface area (Å²) in [5.74, 6) is 0.643. The molecule has 0 aliphatic rings. The summed E-state index contributed by atoms with van der Waals surface area (Å²) in [5.41, 5.74) is 7.67. The van der Waals surface area contributed by atoms with Gasteiger partial charge in [-0.05, 0) is 78.9 Å². The molecule has 5 heteroatoms. The SMILES string of the molecule is c1ccc(N(c2ccc3oc4ccccc4c3c2)c2ccc3sc4cccc(-c5nc6ccccc6o5)c4c3c2)cc1. The van der Waals surface area contributed by atoms with Gasteiger partial charge in [0, 0.05) is 53.6 Å². The molecule has 9 rings (SSSR count). The van der Waals surface area contributed by atoms with Gasteiger partial charge in [0.05, 0.1) is 0 Å². The molecular weight excluding hydrogens is 536 g/mol. The van der Waals surface area contributed by atoms with Crippen LogP contribution >= 0.6 is 11.3 Å². The van der Waals surface area contributed by atoms with Crippen molar-refractivity contribution in [3.8, 4) is 11.5 Å². The molecule has 0 spiro atoms. The molecular formula is C37H22N2O2S. The zero-order valence-corrected chi connectivity index (χ0v) is 23.1. The van der Waals surface area contributed by atoms with Crippen molar-refractivity contribution in [2.24, 2.45) is 0 Å². The lowest BCUT2D eigenvalue weighted by Crippen LogP contribution is -2.09. The van der Waals surface area contributed by atoms with E-state index in [0.717, 1.165) is 61.1 Å². The van der Waals surface area contributed by atoms with Crippen LogP contribution < -0.4 is 4.90 Å². The van der Waals surface area contributed by atoms with E-state index in [2.05, 4.69) is 102 Å². The molecule has 9 aromatic rings. The minimum Gasteiger partial charge on any atom is -0.456 e. The standard InChI is InChI=1S/C37H22N2O2S/c1-2-9-23(10-3-1)39(24-17-19-32-28(21-24)26-11-4-6-14-31(26)40-32)25-18-20-34-29(22-25)36-27(12-8-16-35(36)42-34)37-38-30-13-5-7-15-33(30)41-37/h1-22H. The number of anilines is 3. The fraction of sp³-hybridized carbons (Fsp3) is 0. The quantitative estimate of drug-likeness (QED) is 0.215. The first-order valence-electron chi connectivity index (χ1n) is 13.9. The zero-order valence-electron chi connectivity index (χ0n) is 22.3. The van der Waals surface area contributed by atoms with E-state index in [4.69, 9.17) is 13.8 Å². The molecule has 4 nitrogen and oxygen atoms in total. The lowest BCUT2D eigenvalue weighted by Gasteiger charge is -2.25. The topological polar surface area (TPSA) is 42.4 Å². The fourth-order valence-electron chi connectivity index (χ4n) is 6.00. The molecule has 0 saturated carbocycles. The van der Waals surface area contributed by atoms with Crippen molar-refractivity contribution in [3.05, 3.63) is 133 Å². The van der Waals surface area contributed by atoms with Crippen molar-refractivity contribution in [3.63, 3.8) is 0 Å². The van der Waals surface area contributed by atoms with Gasteiger partial charge in [0.1, 0.15) is 16.7 Å². The largest absolute Gasteiger partial charge is 0.456 e. The number of rotatable bonds is 4. The van der Waals surface area contributed by atoms with Gasteiger partial charge in [-0.25, -0.2) is 4.98 Å². The Labute approximate surface area is 244 Å². The van der Waals surface area contributed by atoms with E-state index in [9.17, 15) is 0 Å². The number of fused-ring (bicyclic) bond motifs is 7. The summed E-state index contributed by atoms with van der Waals surface area (Å²) in [5, 5.41) is 4.56. The number of furan rings is 1. The molecule has 3 aromatic heterocycles. The highest BCUT2D eigenvalue weighted by Crippen LogP contribution is 2.44. The summed E-state index contributed by atoms with van der Waals surface area (Å²) < 4.78 is 14.8. The van der Waals surface area contributed by atoms with E-state index in [1.54, 1.807) is 11.3 Å². The van der Waals surface area contributed by atoms with Crippen LogP contribution in [0.1, 0.15) is 0 Å². The van der Waals surface area contributed by atoms with Crippen molar-refractivity contribution in [1.82, 2.24) is 4.98 Å². The molecule has 6 aromatic carbocycles. The van der Waals surface area contributed by atoms with Gasteiger partial charge in [0.15, 0.2) is 5.58 Å². The van der Waals surface area contributed by atoms with Crippen molar-refractivity contribution in [2.45, 2.75) is 0 Å². The van der Waals surface area contributed by atoms with Gasteiger partial charge in [-0.2, -0.15) is 0 Å². The molecule has 3 heterocycles. The normalized spacial score (nSPS) is 11.8. The predicted molar refractivity (Wildman–Crippen MR) is 174 cm³/mol. The molecule has 0 amide bonds. The lowest BCUT2D eigenvalue weighted by molar-refractivity contribution is 0.620. The van der Waals surface area contributed by atoms with Crippen LogP contribution in [0.3, 0.4) is 0 Å². The van der Waals surface area contributed by atoms with Crippen LogP contribution in [0, 0.1) is 0 Å². The van der Waals surface area contributed by atoms with Gasteiger partial charge >= 0.3 is 0 Å². The number of para-hydroxylation sites is 4. The fourth-order valence-corrected chi connectivity index (χ4v) is 7.11. The molecule has 0 aliphatic carbocycles. The third-order valence-corrected chi connectivity index (χ3v) is 9.03. The Bertz CT molecular complexity index is 2400. The van der Waals surface area contributed by atoms with Crippen LogP contribution in [-0.2, 0) is 0 Å². The number of aromatic nitrogens is 1. The smallest absolute Gasteiger partial charge is 0.227 e. The average Bonchev–Trinajstić information content (AvgIpc) is 3.74. The Morgan fingerprint density at radius 3 is 2.12 bits per heavy atom. The summed E-state index contributed by atoms with van der Waals surface area (Å²) in [6.07, 6.45) is 0. The number of benzene rings is 6. The Morgan fingerprint density at radius 1 is 0.500 bits per heavy atom. The summed E-state index contributed by atoms with van der Waals surface area (Å²) in [6, 6.07) is 46.2. The maximum absolute atomic E-state index is 6.24. The first-order valence-corrected chi connectivity index (χ1v) is 14.7. The van der Waals surface area contributed by atoms with Crippen LogP contribution in [0.25, 0.3) is 64.7 Å². The third-order valence-electron chi connectivity index (χ3n) is 7.89. The van der Waals surface area contributed by atoms with E-state index in [1.807, 2.05) is 36.4 Å². The molecule has 0 N–H and O–H groups in total. The summed E-state index contributed by atoms with van der Waals surface area (Å²) in [7, 11) is 0. The summed E-state index contributed by atoms with van der Waals surface area (Å²) in [4.78, 5) is 7.15. The molecule has 42 heavy (non-hydrogen) atoms. The molecule has 0 fully saturated rings. The maximum atomic E-state index is 6.24. The van der Waals surface area contributed by atoms with Crippen molar-refractivity contribution >= 4 is 81.6 Å². The molecule has 198 valence electrons. The first-order chi connectivity index (χ1) is 20.8. The highest BCUT2D eigenvalue weighted by Gasteiger charge is 2.19. The number of thiophene rings is 1. The van der Waals surface area contributed by atoms with Gasteiger partial charge < -0.3 is 13.7 Å². The van der Waals surface area contributed by atoms with Crippen molar-refractivity contribution in [2.75, 3.05) is 4.90 Å². The average molecular weight is 559 g/mol. The van der Waals surface area contributed by atoms with Crippen LogP contribution in [0.4, 0.5) is 17.1 Å².